The normalized spacial score (nSPS) is 16.4. The molecule has 0 atom stereocenters. The van der Waals surface area contributed by atoms with E-state index in [-0.39, 0.29) is 11.8 Å². The molecule has 1 aliphatic heterocycles. The van der Waals surface area contributed by atoms with E-state index in [2.05, 4.69) is 20.4 Å². The second-order valence-corrected chi connectivity index (χ2v) is 10.7. The van der Waals surface area contributed by atoms with Crippen LogP contribution in [0.1, 0.15) is 49.9 Å². The summed E-state index contributed by atoms with van der Waals surface area (Å²) in [7, 11) is 0. The third kappa shape index (κ3) is 6.78. The molecule has 11 heteroatoms. The average molecular weight is 520 g/mol. The Morgan fingerprint density at radius 1 is 1.06 bits per heavy atom. The van der Waals surface area contributed by atoms with Crippen molar-refractivity contribution in [3.63, 3.8) is 0 Å². The molecule has 2 amide bonds. The summed E-state index contributed by atoms with van der Waals surface area (Å²) in [6.45, 7) is 7.43. The van der Waals surface area contributed by atoms with Crippen molar-refractivity contribution >= 4 is 40.0 Å². The number of amides is 2. The number of hydrogen-bond donors (Lipinski definition) is 1. The van der Waals surface area contributed by atoms with Gasteiger partial charge in [-0.25, -0.2) is 0 Å². The van der Waals surface area contributed by atoms with Crippen molar-refractivity contribution in [2.75, 3.05) is 50.0 Å². The van der Waals surface area contributed by atoms with Gasteiger partial charge in [-0.05, 0) is 44.9 Å². The lowest BCUT2D eigenvalue weighted by Gasteiger charge is -2.34. The molecule has 1 aromatic heterocycles. The maximum absolute atomic E-state index is 13.1. The van der Waals surface area contributed by atoms with Gasteiger partial charge in [0.25, 0.3) is 5.91 Å². The van der Waals surface area contributed by atoms with Crippen LogP contribution in [0.3, 0.4) is 0 Å². The number of carbonyl (C=O) groups is 2. The average Bonchev–Trinajstić information content (AvgIpc) is 3.56. The number of benzene rings is 1. The van der Waals surface area contributed by atoms with E-state index in [1.807, 2.05) is 18.7 Å². The molecule has 35 heavy (non-hydrogen) atoms. The van der Waals surface area contributed by atoms with Crippen LogP contribution in [0, 0.1) is 0 Å². The number of anilines is 1. The van der Waals surface area contributed by atoms with E-state index in [1.165, 1.54) is 35.9 Å². The first-order chi connectivity index (χ1) is 17.1. The standard InChI is InChI=1S/C24H33N5O4S2/c1-3-32-19-10-9-17(15-20(19)33-4-2)22(31)28-11-13-29(14-12-28)23-26-27-24(35-23)34-16-21(30)25-18-7-5-6-8-18/h9-10,15,18H,3-8,11-14,16H2,1-2H3,(H,25,30). The third-order valence-electron chi connectivity index (χ3n) is 6.07. The summed E-state index contributed by atoms with van der Waals surface area (Å²) in [5, 5.41) is 12.5. The summed E-state index contributed by atoms with van der Waals surface area (Å²) < 4.78 is 12.1. The predicted molar refractivity (Wildman–Crippen MR) is 138 cm³/mol. The van der Waals surface area contributed by atoms with Gasteiger partial charge in [-0.1, -0.05) is 35.9 Å². The highest BCUT2D eigenvalue weighted by molar-refractivity contribution is 8.01. The monoisotopic (exact) mass is 519 g/mol. The van der Waals surface area contributed by atoms with E-state index in [1.54, 1.807) is 18.2 Å². The van der Waals surface area contributed by atoms with Crippen molar-refractivity contribution in [1.82, 2.24) is 20.4 Å². The Morgan fingerprint density at radius 3 is 2.49 bits per heavy atom. The molecule has 2 aliphatic rings. The Kier molecular flexibility index (Phi) is 9.08. The van der Waals surface area contributed by atoms with Gasteiger partial charge in [0.1, 0.15) is 0 Å². The van der Waals surface area contributed by atoms with Crippen molar-refractivity contribution in [2.45, 2.75) is 49.9 Å². The Bertz CT molecular complexity index is 1000. The largest absolute Gasteiger partial charge is 0.490 e. The Balaban J connectivity index is 1.27. The fourth-order valence-corrected chi connectivity index (χ4v) is 6.03. The van der Waals surface area contributed by atoms with Crippen LogP contribution in [0.2, 0.25) is 0 Å². The smallest absolute Gasteiger partial charge is 0.254 e. The Morgan fingerprint density at radius 2 is 1.77 bits per heavy atom. The highest BCUT2D eigenvalue weighted by atomic mass is 32.2. The van der Waals surface area contributed by atoms with Gasteiger partial charge in [0.05, 0.1) is 19.0 Å². The fourth-order valence-electron chi connectivity index (χ4n) is 4.32. The number of hydrogen-bond acceptors (Lipinski definition) is 9. The zero-order chi connectivity index (χ0) is 24.6. The van der Waals surface area contributed by atoms with Crippen LogP contribution in [0.25, 0.3) is 0 Å². The molecular weight excluding hydrogens is 486 g/mol. The number of piperazine rings is 1. The first kappa shape index (κ1) is 25.6. The Labute approximate surface area is 214 Å². The van der Waals surface area contributed by atoms with Gasteiger partial charge in [0.2, 0.25) is 11.0 Å². The van der Waals surface area contributed by atoms with E-state index >= 15 is 0 Å². The molecule has 190 valence electrons. The van der Waals surface area contributed by atoms with Crippen LogP contribution < -0.4 is 19.7 Å². The van der Waals surface area contributed by atoms with E-state index in [4.69, 9.17) is 9.47 Å². The molecular formula is C24H33N5O4S2. The summed E-state index contributed by atoms with van der Waals surface area (Å²) >= 11 is 2.93. The quantitative estimate of drug-likeness (QED) is 0.477. The lowest BCUT2D eigenvalue weighted by Crippen LogP contribution is -2.48. The lowest BCUT2D eigenvalue weighted by atomic mass is 10.1. The first-order valence-corrected chi connectivity index (χ1v) is 14.1. The van der Waals surface area contributed by atoms with Crippen molar-refractivity contribution in [1.29, 1.82) is 0 Å². The fraction of sp³-hybridized carbons (Fsp3) is 0.583. The summed E-state index contributed by atoms with van der Waals surface area (Å²) in [4.78, 5) is 29.3. The van der Waals surface area contributed by atoms with Crippen LogP contribution in [0.15, 0.2) is 22.5 Å². The molecule has 2 aromatic rings. The second kappa shape index (κ2) is 12.4. The summed E-state index contributed by atoms with van der Waals surface area (Å²) in [5.41, 5.74) is 0.593. The molecule has 0 radical (unpaired) electrons. The van der Waals surface area contributed by atoms with Crippen LogP contribution in [-0.4, -0.2) is 78.1 Å². The molecule has 2 fully saturated rings. The minimum absolute atomic E-state index is 0.0181. The second-order valence-electron chi connectivity index (χ2n) is 8.49. The van der Waals surface area contributed by atoms with E-state index < -0.39 is 0 Å². The molecule has 1 aromatic carbocycles. The van der Waals surface area contributed by atoms with Crippen molar-refractivity contribution in [3.05, 3.63) is 23.8 Å². The van der Waals surface area contributed by atoms with E-state index in [0.717, 1.165) is 22.3 Å². The van der Waals surface area contributed by atoms with Crippen LogP contribution in [0.4, 0.5) is 5.13 Å². The SMILES string of the molecule is CCOc1ccc(C(=O)N2CCN(c3nnc(SCC(=O)NC4CCCC4)s3)CC2)cc1OCC. The van der Waals surface area contributed by atoms with Gasteiger partial charge in [-0.15, -0.1) is 10.2 Å². The van der Waals surface area contributed by atoms with Crippen LogP contribution >= 0.6 is 23.1 Å². The molecule has 1 saturated heterocycles. The molecule has 1 saturated carbocycles. The summed E-state index contributed by atoms with van der Waals surface area (Å²) in [6.07, 6.45) is 4.57. The topological polar surface area (TPSA) is 96.9 Å². The van der Waals surface area contributed by atoms with Crippen LogP contribution in [0.5, 0.6) is 11.5 Å². The zero-order valence-corrected chi connectivity index (χ0v) is 22.0. The lowest BCUT2D eigenvalue weighted by molar-refractivity contribution is -0.119. The summed E-state index contributed by atoms with van der Waals surface area (Å²) in [5.74, 6) is 1.65. The third-order valence-corrected chi connectivity index (χ3v) is 8.19. The molecule has 0 spiro atoms. The molecule has 0 unspecified atom stereocenters. The first-order valence-electron chi connectivity index (χ1n) is 12.3. The van der Waals surface area contributed by atoms with Gasteiger partial charge < -0.3 is 24.6 Å². The minimum atomic E-state index is -0.0181. The van der Waals surface area contributed by atoms with Crippen molar-refractivity contribution in [2.24, 2.45) is 0 Å². The molecule has 2 heterocycles. The number of thioether (sulfide) groups is 1. The van der Waals surface area contributed by atoms with Gasteiger partial charge >= 0.3 is 0 Å². The van der Waals surface area contributed by atoms with Crippen LogP contribution in [-0.2, 0) is 4.79 Å². The maximum Gasteiger partial charge on any atom is 0.254 e. The highest BCUT2D eigenvalue weighted by Gasteiger charge is 2.25. The van der Waals surface area contributed by atoms with E-state index in [9.17, 15) is 9.59 Å². The molecule has 4 rings (SSSR count). The molecule has 0 bridgehead atoms. The summed E-state index contributed by atoms with van der Waals surface area (Å²) in [6, 6.07) is 5.69. The number of ether oxygens (including phenoxy) is 2. The number of nitrogens with one attached hydrogen (secondary N) is 1. The number of nitrogens with zero attached hydrogens (tertiary/aromatic N) is 4. The minimum Gasteiger partial charge on any atom is -0.490 e. The van der Waals surface area contributed by atoms with Gasteiger partial charge in [0.15, 0.2) is 15.8 Å². The Hall–Kier alpha value is -2.53. The number of carbonyl (C=O) groups excluding carboxylic acids is 2. The molecule has 9 nitrogen and oxygen atoms in total. The maximum atomic E-state index is 13.1. The number of aromatic nitrogens is 2. The van der Waals surface area contributed by atoms with Crippen molar-refractivity contribution in [3.8, 4) is 11.5 Å². The predicted octanol–water partition coefficient (Wildman–Crippen LogP) is 3.45. The zero-order valence-electron chi connectivity index (χ0n) is 20.3. The molecule has 1 N–H and O–H groups in total. The van der Waals surface area contributed by atoms with Gasteiger partial charge in [-0.2, -0.15) is 0 Å². The number of rotatable bonds is 10. The van der Waals surface area contributed by atoms with Gasteiger partial charge in [-0.3, -0.25) is 9.59 Å². The van der Waals surface area contributed by atoms with Gasteiger partial charge in [0, 0.05) is 37.8 Å². The van der Waals surface area contributed by atoms with E-state index in [0.29, 0.717) is 68.2 Å². The van der Waals surface area contributed by atoms with Crippen molar-refractivity contribution < 1.29 is 19.1 Å². The highest BCUT2D eigenvalue weighted by Crippen LogP contribution is 2.31. The molecule has 1 aliphatic carbocycles.